The van der Waals surface area contributed by atoms with Crippen LogP contribution in [-0.2, 0) is 0 Å². The van der Waals surface area contributed by atoms with Crippen molar-refractivity contribution < 1.29 is 9.59 Å². The van der Waals surface area contributed by atoms with Gasteiger partial charge in [-0.15, -0.1) is 11.3 Å². The molecule has 0 atom stereocenters. The van der Waals surface area contributed by atoms with Crippen molar-refractivity contribution in [1.82, 2.24) is 25.0 Å². The number of rotatable bonds is 6. The lowest BCUT2D eigenvalue weighted by Crippen LogP contribution is -2.44. The number of allylic oxidation sites excluding steroid dienone is 1. The first-order valence-electron chi connectivity index (χ1n) is 12.6. The molecule has 0 radical (unpaired) electrons. The maximum Gasteiger partial charge on any atom is 0.317 e. The molecule has 3 heterocycles. The molecule has 33 heavy (non-hydrogen) atoms. The normalized spacial score (nSPS) is 21.0. The molecule has 3 amide bonds. The SMILES string of the molecule is CN1CCC(N(C)C(=O)c2csc(C3CCN(C(=O)NCCC4=CCCCC4)CC3)n2)CC1. The zero-order valence-electron chi connectivity index (χ0n) is 20.2. The molecule has 0 saturated carbocycles. The number of aromatic nitrogens is 1. The molecule has 2 fully saturated rings. The summed E-state index contributed by atoms with van der Waals surface area (Å²) >= 11 is 1.60. The van der Waals surface area contributed by atoms with E-state index < -0.39 is 0 Å². The second-order valence-corrected chi connectivity index (χ2v) is 10.8. The van der Waals surface area contributed by atoms with Crippen molar-refractivity contribution in [3.63, 3.8) is 0 Å². The molecule has 8 heteroatoms. The van der Waals surface area contributed by atoms with E-state index in [-0.39, 0.29) is 11.9 Å². The molecule has 182 valence electrons. The van der Waals surface area contributed by atoms with Crippen LogP contribution < -0.4 is 5.32 Å². The highest BCUT2D eigenvalue weighted by molar-refractivity contribution is 7.09. The van der Waals surface area contributed by atoms with E-state index in [1.807, 2.05) is 22.2 Å². The molecular weight excluding hydrogens is 434 g/mol. The Morgan fingerprint density at radius 1 is 1.15 bits per heavy atom. The highest BCUT2D eigenvalue weighted by atomic mass is 32.1. The van der Waals surface area contributed by atoms with Gasteiger partial charge in [0.1, 0.15) is 5.69 Å². The first kappa shape index (κ1) is 24.2. The molecule has 1 aliphatic carbocycles. The van der Waals surface area contributed by atoms with Gasteiger partial charge in [0.15, 0.2) is 0 Å². The Hall–Kier alpha value is -1.93. The van der Waals surface area contributed by atoms with Crippen LogP contribution in [0.3, 0.4) is 0 Å². The van der Waals surface area contributed by atoms with Crippen molar-refractivity contribution in [1.29, 1.82) is 0 Å². The maximum atomic E-state index is 13.0. The van der Waals surface area contributed by atoms with Crippen LogP contribution in [0, 0.1) is 0 Å². The number of hydrogen-bond acceptors (Lipinski definition) is 5. The van der Waals surface area contributed by atoms with Gasteiger partial charge in [0.25, 0.3) is 5.91 Å². The minimum absolute atomic E-state index is 0.0388. The molecule has 7 nitrogen and oxygen atoms in total. The van der Waals surface area contributed by atoms with Crippen molar-refractivity contribution in [2.24, 2.45) is 0 Å². The van der Waals surface area contributed by atoms with Gasteiger partial charge in [-0.25, -0.2) is 9.78 Å². The first-order chi connectivity index (χ1) is 16.0. The largest absolute Gasteiger partial charge is 0.338 e. The van der Waals surface area contributed by atoms with Crippen LogP contribution >= 0.6 is 11.3 Å². The smallest absolute Gasteiger partial charge is 0.317 e. The van der Waals surface area contributed by atoms with Crippen molar-refractivity contribution >= 4 is 23.3 Å². The average molecular weight is 474 g/mol. The Balaban J connectivity index is 1.21. The minimum atomic E-state index is 0.0388. The molecule has 0 unspecified atom stereocenters. The third-order valence-corrected chi connectivity index (χ3v) is 8.54. The third kappa shape index (κ3) is 6.35. The van der Waals surface area contributed by atoms with Gasteiger partial charge in [-0.1, -0.05) is 11.6 Å². The quantitative estimate of drug-likeness (QED) is 0.632. The lowest BCUT2D eigenvalue weighted by molar-refractivity contribution is 0.0654. The van der Waals surface area contributed by atoms with Gasteiger partial charge < -0.3 is 20.0 Å². The average Bonchev–Trinajstić information content (AvgIpc) is 3.35. The summed E-state index contributed by atoms with van der Waals surface area (Å²) in [5.41, 5.74) is 2.07. The number of carbonyl (C=O) groups excluding carboxylic acids is 2. The highest BCUT2D eigenvalue weighted by Gasteiger charge is 2.29. The van der Waals surface area contributed by atoms with Crippen molar-refractivity contribution in [2.45, 2.75) is 69.7 Å². The summed E-state index contributed by atoms with van der Waals surface area (Å²) in [5.74, 6) is 0.374. The Kier molecular flexibility index (Phi) is 8.41. The van der Waals surface area contributed by atoms with E-state index in [2.05, 4.69) is 23.3 Å². The summed E-state index contributed by atoms with van der Waals surface area (Å²) in [4.78, 5) is 36.4. The lowest BCUT2D eigenvalue weighted by atomic mass is 9.97. The van der Waals surface area contributed by atoms with Gasteiger partial charge in [0, 0.05) is 44.0 Å². The highest BCUT2D eigenvalue weighted by Crippen LogP contribution is 2.31. The standard InChI is InChI=1S/C25H39N5O2S/c1-28-14-11-21(12-15-28)29(2)24(31)22-18-33-23(27-22)20-9-16-30(17-10-20)25(32)26-13-8-19-6-4-3-5-7-19/h6,18,20-21H,3-5,7-17H2,1-2H3,(H,26,32). The predicted molar refractivity (Wildman–Crippen MR) is 133 cm³/mol. The van der Waals surface area contributed by atoms with Crippen molar-refractivity contribution in [3.05, 3.63) is 27.7 Å². The molecule has 0 spiro atoms. The van der Waals surface area contributed by atoms with Gasteiger partial charge in [-0.3, -0.25) is 4.79 Å². The van der Waals surface area contributed by atoms with E-state index in [0.29, 0.717) is 17.7 Å². The molecule has 2 aliphatic heterocycles. The number of thiazole rings is 1. The van der Waals surface area contributed by atoms with E-state index in [4.69, 9.17) is 4.98 Å². The van der Waals surface area contributed by atoms with Gasteiger partial charge in [0.05, 0.1) is 5.01 Å². The summed E-state index contributed by atoms with van der Waals surface area (Å²) < 4.78 is 0. The Morgan fingerprint density at radius 2 is 1.91 bits per heavy atom. The summed E-state index contributed by atoms with van der Waals surface area (Å²) in [7, 11) is 4.05. The van der Waals surface area contributed by atoms with Crippen LogP contribution in [0.2, 0.25) is 0 Å². The van der Waals surface area contributed by atoms with E-state index >= 15 is 0 Å². The fraction of sp³-hybridized carbons (Fsp3) is 0.720. The zero-order valence-corrected chi connectivity index (χ0v) is 21.0. The molecule has 4 rings (SSSR count). The van der Waals surface area contributed by atoms with Gasteiger partial charge in [-0.05, 0) is 77.9 Å². The van der Waals surface area contributed by atoms with Crippen LogP contribution in [0.5, 0.6) is 0 Å². The number of nitrogens with zero attached hydrogens (tertiary/aromatic N) is 4. The zero-order chi connectivity index (χ0) is 23.2. The Morgan fingerprint density at radius 3 is 2.61 bits per heavy atom. The summed E-state index contributed by atoms with van der Waals surface area (Å²) in [6.07, 6.45) is 12.1. The summed E-state index contributed by atoms with van der Waals surface area (Å²) in [5, 5.41) is 6.06. The van der Waals surface area contributed by atoms with Crippen LogP contribution in [0.15, 0.2) is 17.0 Å². The molecule has 3 aliphatic rings. The number of carbonyl (C=O) groups is 2. The second-order valence-electron chi connectivity index (χ2n) is 9.87. The van der Waals surface area contributed by atoms with Gasteiger partial charge in [-0.2, -0.15) is 0 Å². The molecule has 1 aromatic heterocycles. The number of amides is 3. The molecule has 1 N–H and O–H groups in total. The number of likely N-dealkylation sites (tertiary alicyclic amines) is 2. The minimum Gasteiger partial charge on any atom is -0.338 e. The van der Waals surface area contributed by atoms with E-state index in [9.17, 15) is 9.59 Å². The molecule has 2 saturated heterocycles. The summed E-state index contributed by atoms with van der Waals surface area (Å²) in [6, 6.07) is 0.356. The van der Waals surface area contributed by atoms with Crippen molar-refractivity contribution in [3.8, 4) is 0 Å². The number of nitrogens with one attached hydrogen (secondary N) is 1. The van der Waals surface area contributed by atoms with Gasteiger partial charge in [0.2, 0.25) is 0 Å². The van der Waals surface area contributed by atoms with Crippen LogP contribution in [0.4, 0.5) is 4.79 Å². The van der Waals surface area contributed by atoms with Crippen LogP contribution in [0.25, 0.3) is 0 Å². The fourth-order valence-electron chi connectivity index (χ4n) is 5.21. The van der Waals surface area contributed by atoms with E-state index in [1.165, 1.54) is 31.3 Å². The second kappa shape index (κ2) is 11.5. The molecular formula is C25H39N5O2S. The molecule has 0 bridgehead atoms. The summed E-state index contributed by atoms with van der Waals surface area (Å²) in [6.45, 7) is 4.30. The van der Waals surface area contributed by atoms with E-state index in [1.54, 1.807) is 11.3 Å². The van der Waals surface area contributed by atoms with Crippen molar-refractivity contribution in [2.75, 3.05) is 46.8 Å². The predicted octanol–water partition coefficient (Wildman–Crippen LogP) is 4.09. The topological polar surface area (TPSA) is 68.8 Å². The number of piperidine rings is 2. The molecule has 1 aromatic rings. The molecule has 0 aromatic carbocycles. The lowest BCUT2D eigenvalue weighted by Gasteiger charge is -2.34. The monoisotopic (exact) mass is 473 g/mol. The van der Waals surface area contributed by atoms with E-state index in [0.717, 1.165) is 69.8 Å². The number of hydrogen-bond donors (Lipinski definition) is 1. The Labute approximate surface area is 202 Å². The number of urea groups is 1. The maximum absolute atomic E-state index is 13.0. The first-order valence-corrected chi connectivity index (χ1v) is 13.5. The van der Waals surface area contributed by atoms with Crippen LogP contribution in [-0.4, -0.2) is 84.5 Å². The fourth-order valence-corrected chi connectivity index (χ4v) is 6.17. The van der Waals surface area contributed by atoms with Gasteiger partial charge >= 0.3 is 6.03 Å². The van der Waals surface area contributed by atoms with Crippen LogP contribution in [0.1, 0.15) is 79.2 Å². The third-order valence-electron chi connectivity index (χ3n) is 7.54. The Bertz CT molecular complexity index is 838.